The molecule has 0 saturated carbocycles. The van der Waals surface area contributed by atoms with Crippen molar-refractivity contribution in [3.63, 3.8) is 0 Å². The number of hydrogen-bond donors (Lipinski definition) is 0. The van der Waals surface area contributed by atoms with Crippen LogP contribution in [-0.2, 0) is 32.4 Å². The van der Waals surface area contributed by atoms with Gasteiger partial charge in [0.15, 0.2) is 0 Å². The Balaban J connectivity index is 3.08. The Kier molecular flexibility index (Phi) is 7.43. The quantitative estimate of drug-likeness (QED) is 0.514. The normalized spacial score (nSPS) is 10.7. The van der Waals surface area contributed by atoms with E-state index in [1.807, 2.05) is 6.92 Å². The molecule has 0 unspecified atom stereocenters. The minimum absolute atomic E-state index is 0.321. The van der Waals surface area contributed by atoms with Crippen LogP contribution in [0.25, 0.3) is 0 Å². The summed E-state index contributed by atoms with van der Waals surface area (Å²) in [5.41, 5.74) is 0. The predicted molar refractivity (Wildman–Crippen MR) is 82.6 cm³/mol. The molecule has 0 N–H and O–H groups in total. The first-order valence-corrected chi connectivity index (χ1v) is 8.86. The average molecular weight is 340 g/mol. The number of hydrogen-bond acceptors (Lipinski definition) is 7. The van der Waals surface area contributed by atoms with Crippen LogP contribution in [0, 0.1) is 0 Å². The van der Waals surface area contributed by atoms with Crippen molar-refractivity contribution in [2.75, 3.05) is 13.2 Å². The molecule has 0 radical (unpaired) electrons. The second-order valence-corrected chi connectivity index (χ2v) is 6.94. The van der Waals surface area contributed by atoms with E-state index in [1.54, 1.807) is 30.3 Å². The van der Waals surface area contributed by atoms with E-state index in [2.05, 4.69) is 0 Å². The zero-order valence-electron chi connectivity index (χ0n) is 13.4. The number of ether oxygens (including phenoxy) is 1. The fourth-order valence-corrected chi connectivity index (χ4v) is 3.93. The maximum absolute atomic E-state index is 12.0. The van der Waals surface area contributed by atoms with Gasteiger partial charge in [-0.3, -0.25) is 14.4 Å². The Bertz CT molecular complexity index is 528. The van der Waals surface area contributed by atoms with Crippen LogP contribution in [0.5, 0.6) is 0 Å². The highest BCUT2D eigenvalue weighted by atomic mass is 28.4. The van der Waals surface area contributed by atoms with Crippen molar-refractivity contribution in [1.29, 1.82) is 0 Å². The molecule has 0 aromatic heterocycles. The van der Waals surface area contributed by atoms with Crippen LogP contribution in [0.2, 0.25) is 0 Å². The molecule has 0 heterocycles. The standard InChI is InChI=1S/C15H20O7Si/c1-4-10-19-11-15(18)22-23(20-12(2)16,21-13(3)17)14-8-6-5-7-9-14/h5-9H,4,10-11H2,1-3H3. The van der Waals surface area contributed by atoms with Gasteiger partial charge in [0.05, 0.1) is 5.19 Å². The van der Waals surface area contributed by atoms with E-state index in [0.29, 0.717) is 11.8 Å². The van der Waals surface area contributed by atoms with Gasteiger partial charge in [-0.1, -0.05) is 37.3 Å². The van der Waals surface area contributed by atoms with E-state index in [1.165, 1.54) is 0 Å². The summed E-state index contributed by atoms with van der Waals surface area (Å²) < 4.78 is 20.7. The molecule has 0 amide bonds. The fraction of sp³-hybridized carbons (Fsp3) is 0.400. The highest BCUT2D eigenvalue weighted by molar-refractivity contribution is 6.79. The monoisotopic (exact) mass is 340 g/mol. The van der Waals surface area contributed by atoms with Gasteiger partial charge in [0, 0.05) is 20.5 Å². The van der Waals surface area contributed by atoms with Crippen LogP contribution in [0.15, 0.2) is 30.3 Å². The van der Waals surface area contributed by atoms with Crippen molar-refractivity contribution in [2.45, 2.75) is 27.2 Å². The van der Waals surface area contributed by atoms with E-state index in [-0.39, 0.29) is 6.61 Å². The van der Waals surface area contributed by atoms with Crippen LogP contribution < -0.4 is 5.19 Å². The van der Waals surface area contributed by atoms with Crippen LogP contribution in [0.4, 0.5) is 0 Å². The van der Waals surface area contributed by atoms with Gasteiger partial charge in [-0.2, -0.15) is 0 Å². The van der Waals surface area contributed by atoms with Crippen LogP contribution in [0.1, 0.15) is 27.2 Å². The Hall–Kier alpha value is -2.19. The van der Waals surface area contributed by atoms with Gasteiger partial charge in [0.2, 0.25) is 0 Å². The van der Waals surface area contributed by atoms with Gasteiger partial charge in [-0.05, 0) is 6.42 Å². The van der Waals surface area contributed by atoms with Gasteiger partial charge in [0.1, 0.15) is 6.61 Å². The molecule has 23 heavy (non-hydrogen) atoms. The summed E-state index contributed by atoms with van der Waals surface area (Å²) in [6.45, 7) is 4.26. The largest absolute Gasteiger partial charge is 0.742 e. The van der Waals surface area contributed by atoms with Crippen LogP contribution >= 0.6 is 0 Å². The van der Waals surface area contributed by atoms with E-state index >= 15 is 0 Å². The first-order valence-electron chi connectivity index (χ1n) is 7.14. The highest BCUT2D eigenvalue weighted by Crippen LogP contribution is 2.12. The van der Waals surface area contributed by atoms with Gasteiger partial charge in [-0.25, -0.2) is 0 Å². The van der Waals surface area contributed by atoms with E-state index in [0.717, 1.165) is 20.3 Å². The lowest BCUT2D eigenvalue weighted by atomic mass is 10.4. The molecule has 126 valence electrons. The molecule has 0 aliphatic carbocycles. The summed E-state index contributed by atoms with van der Waals surface area (Å²) in [6, 6.07) is 8.18. The fourth-order valence-electron chi connectivity index (χ4n) is 1.74. The Morgan fingerprint density at radius 3 is 2.00 bits per heavy atom. The maximum Gasteiger partial charge on any atom is 0.742 e. The number of carbonyl (C=O) groups is 3. The first-order chi connectivity index (χ1) is 10.9. The smallest absolute Gasteiger partial charge is 0.452 e. The van der Waals surface area contributed by atoms with Crippen molar-refractivity contribution >= 4 is 31.9 Å². The maximum atomic E-state index is 12.0. The SMILES string of the molecule is CCCOCC(=O)O[Si](OC(C)=O)(OC(C)=O)c1ccccc1. The average Bonchev–Trinajstić information content (AvgIpc) is 2.47. The third kappa shape index (κ3) is 6.21. The molecule has 0 aliphatic rings. The molecule has 0 bridgehead atoms. The van der Waals surface area contributed by atoms with Crippen molar-refractivity contribution in [2.24, 2.45) is 0 Å². The molecule has 8 heteroatoms. The highest BCUT2D eigenvalue weighted by Gasteiger charge is 2.54. The molecule has 0 saturated heterocycles. The molecular weight excluding hydrogens is 320 g/mol. The molecule has 0 aliphatic heterocycles. The zero-order valence-corrected chi connectivity index (χ0v) is 14.4. The van der Waals surface area contributed by atoms with E-state index in [9.17, 15) is 14.4 Å². The summed E-state index contributed by atoms with van der Waals surface area (Å²) in [6.07, 6.45) is 0.739. The molecule has 0 fully saturated rings. The molecule has 1 aromatic rings. The van der Waals surface area contributed by atoms with E-state index in [4.69, 9.17) is 18.0 Å². The van der Waals surface area contributed by atoms with Gasteiger partial charge in [-0.15, -0.1) is 0 Å². The van der Waals surface area contributed by atoms with Crippen molar-refractivity contribution in [3.8, 4) is 0 Å². The summed E-state index contributed by atoms with van der Waals surface area (Å²) in [5, 5.41) is 0.328. The summed E-state index contributed by atoms with van der Waals surface area (Å²) in [4.78, 5) is 34.9. The second-order valence-electron chi connectivity index (χ2n) is 4.64. The lowest BCUT2D eigenvalue weighted by molar-refractivity contribution is -0.150. The van der Waals surface area contributed by atoms with Crippen molar-refractivity contribution in [3.05, 3.63) is 30.3 Å². The van der Waals surface area contributed by atoms with Gasteiger partial charge >= 0.3 is 14.8 Å². The number of benzene rings is 1. The molecule has 1 rings (SSSR count). The lowest BCUT2D eigenvalue weighted by Gasteiger charge is -2.26. The van der Waals surface area contributed by atoms with Crippen LogP contribution in [0.3, 0.4) is 0 Å². The number of rotatable bonds is 8. The first kappa shape index (κ1) is 18.9. The second kappa shape index (κ2) is 9.06. The zero-order chi connectivity index (χ0) is 17.3. The molecular formula is C15H20O7Si. The van der Waals surface area contributed by atoms with Gasteiger partial charge < -0.3 is 18.0 Å². The molecule has 1 aromatic carbocycles. The Morgan fingerprint density at radius 1 is 0.957 bits per heavy atom. The Labute approximate surface area is 135 Å². The van der Waals surface area contributed by atoms with Crippen molar-refractivity contribution in [1.82, 2.24) is 0 Å². The molecule has 7 nitrogen and oxygen atoms in total. The Morgan fingerprint density at radius 2 is 1.52 bits per heavy atom. The summed E-state index contributed by atoms with van der Waals surface area (Å²) >= 11 is 0. The minimum Gasteiger partial charge on any atom is -0.452 e. The topological polar surface area (TPSA) is 88.1 Å². The third-order valence-corrected chi connectivity index (χ3v) is 5.15. The summed E-state index contributed by atoms with van der Waals surface area (Å²) in [7, 11) is -4.05. The van der Waals surface area contributed by atoms with Crippen molar-refractivity contribution < 1.29 is 32.4 Å². The van der Waals surface area contributed by atoms with E-state index < -0.39 is 26.7 Å². The predicted octanol–water partition coefficient (Wildman–Crippen LogP) is 0.928. The molecule has 0 atom stereocenters. The molecule has 0 spiro atoms. The lowest BCUT2D eigenvalue weighted by Crippen LogP contribution is -2.59. The van der Waals surface area contributed by atoms with Gasteiger partial charge in [0.25, 0.3) is 11.9 Å². The number of carbonyl (C=O) groups excluding carboxylic acids is 3. The summed E-state index contributed by atoms with van der Waals surface area (Å²) in [5.74, 6) is -2.20. The third-order valence-electron chi connectivity index (χ3n) is 2.50. The van der Waals surface area contributed by atoms with Crippen LogP contribution in [-0.4, -0.2) is 39.9 Å². The minimum atomic E-state index is -4.05.